The van der Waals surface area contributed by atoms with Crippen molar-refractivity contribution in [3.63, 3.8) is 0 Å². The number of fused-ring (bicyclic) bond motifs is 1. The Morgan fingerprint density at radius 1 is 1.40 bits per heavy atom. The van der Waals surface area contributed by atoms with Crippen LogP contribution in [0.1, 0.15) is 5.82 Å². The van der Waals surface area contributed by atoms with Crippen molar-refractivity contribution in [2.24, 2.45) is 5.92 Å². The van der Waals surface area contributed by atoms with Crippen LogP contribution < -0.4 is 5.32 Å². The van der Waals surface area contributed by atoms with Crippen LogP contribution in [0.4, 0.5) is 0 Å². The molecule has 1 saturated heterocycles. The molecule has 0 spiro atoms. The average molecular weight is 223 g/mol. The van der Waals surface area contributed by atoms with Crippen LogP contribution in [-0.4, -0.2) is 27.7 Å². The second kappa shape index (κ2) is 3.47. The third kappa shape index (κ3) is 1.60. The van der Waals surface area contributed by atoms with E-state index in [-0.39, 0.29) is 0 Å². The monoisotopic (exact) mass is 222 g/mol. The molecule has 3 heterocycles. The molecule has 1 N–H and O–H groups in total. The fourth-order valence-corrected chi connectivity index (χ4v) is 1.96. The summed E-state index contributed by atoms with van der Waals surface area (Å²) in [5, 5.41) is 12.3. The van der Waals surface area contributed by atoms with Gasteiger partial charge in [-0.3, -0.25) is 4.40 Å². The van der Waals surface area contributed by atoms with E-state index < -0.39 is 0 Å². The molecule has 0 aliphatic carbocycles. The Balaban J connectivity index is 1.98. The van der Waals surface area contributed by atoms with E-state index in [4.69, 9.17) is 11.6 Å². The second-order valence-electron chi connectivity index (χ2n) is 3.92. The molecule has 2 aromatic heterocycles. The first-order valence-corrected chi connectivity index (χ1v) is 5.40. The van der Waals surface area contributed by atoms with Crippen LogP contribution in [0, 0.1) is 5.92 Å². The van der Waals surface area contributed by atoms with E-state index >= 15 is 0 Å². The third-order valence-electron chi connectivity index (χ3n) is 2.77. The number of hydrogen-bond acceptors (Lipinski definition) is 3. The molecule has 0 saturated carbocycles. The first kappa shape index (κ1) is 9.12. The van der Waals surface area contributed by atoms with Gasteiger partial charge in [-0.15, -0.1) is 10.2 Å². The van der Waals surface area contributed by atoms with Gasteiger partial charge in [-0.05, 0) is 31.1 Å². The highest BCUT2D eigenvalue weighted by Gasteiger charge is 2.19. The van der Waals surface area contributed by atoms with Gasteiger partial charge in [0.2, 0.25) is 0 Å². The van der Waals surface area contributed by atoms with Crippen LogP contribution in [0.5, 0.6) is 0 Å². The summed E-state index contributed by atoms with van der Waals surface area (Å²) in [5.74, 6) is 1.69. The minimum atomic E-state index is 0.691. The molecule has 0 unspecified atom stereocenters. The first-order chi connectivity index (χ1) is 7.33. The molecule has 0 bridgehead atoms. The van der Waals surface area contributed by atoms with Crippen LogP contribution in [-0.2, 0) is 6.42 Å². The Morgan fingerprint density at radius 2 is 2.27 bits per heavy atom. The largest absolute Gasteiger partial charge is 0.316 e. The predicted octanol–water partition coefficient (Wildman–Crippen LogP) is 1.14. The molecule has 1 aliphatic heterocycles. The maximum atomic E-state index is 5.94. The lowest BCUT2D eigenvalue weighted by Gasteiger charge is -2.26. The summed E-state index contributed by atoms with van der Waals surface area (Å²) in [5.41, 5.74) is 0.863. The fourth-order valence-electron chi connectivity index (χ4n) is 1.80. The highest BCUT2D eigenvalue weighted by Crippen LogP contribution is 2.15. The van der Waals surface area contributed by atoms with Gasteiger partial charge in [0.1, 0.15) is 5.82 Å². The Kier molecular flexibility index (Phi) is 2.11. The highest BCUT2D eigenvalue weighted by molar-refractivity contribution is 6.30. The molecule has 2 aromatic rings. The van der Waals surface area contributed by atoms with Crippen LogP contribution in [0.3, 0.4) is 0 Å². The van der Waals surface area contributed by atoms with Gasteiger partial charge in [-0.1, -0.05) is 11.6 Å². The van der Waals surface area contributed by atoms with Crippen molar-refractivity contribution < 1.29 is 0 Å². The lowest BCUT2D eigenvalue weighted by molar-refractivity contribution is 0.340. The maximum Gasteiger partial charge on any atom is 0.160 e. The molecule has 15 heavy (non-hydrogen) atoms. The van der Waals surface area contributed by atoms with Crippen molar-refractivity contribution in [2.45, 2.75) is 6.42 Å². The number of rotatable bonds is 2. The molecule has 1 fully saturated rings. The van der Waals surface area contributed by atoms with E-state index in [1.807, 2.05) is 22.7 Å². The van der Waals surface area contributed by atoms with Crippen LogP contribution in [0.25, 0.3) is 5.65 Å². The van der Waals surface area contributed by atoms with Gasteiger partial charge in [-0.2, -0.15) is 0 Å². The van der Waals surface area contributed by atoms with Crippen LogP contribution >= 0.6 is 11.6 Å². The average Bonchev–Trinajstić information content (AvgIpc) is 2.54. The van der Waals surface area contributed by atoms with E-state index in [0.29, 0.717) is 5.92 Å². The smallest absolute Gasteiger partial charge is 0.160 e. The number of hydrogen-bond donors (Lipinski definition) is 1. The summed E-state index contributed by atoms with van der Waals surface area (Å²) in [6.07, 6.45) is 2.84. The molecule has 78 valence electrons. The number of nitrogens with one attached hydrogen (secondary N) is 1. The summed E-state index contributed by atoms with van der Waals surface area (Å²) < 4.78 is 1.97. The van der Waals surface area contributed by atoms with Crippen LogP contribution in [0.2, 0.25) is 5.02 Å². The minimum Gasteiger partial charge on any atom is -0.316 e. The van der Waals surface area contributed by atoms with Gasteiger partial charge in [0, 0.05) is 12.6 Å². The van der Waals surface area contributed by atoms with Crippen molar-refractivity contribution in [3.8, 4) is 0 Å². The van der Waals surface area contributed by atoms with E-state index in [1.165, 1.54) is 0 Å². The van der Waals surface area contributed by atoms with Gasteiger partial charge >= 0.3 is 0 Å². The molecule has 0 amide bonds. The zero-order chi connectivity index (χ0) is 10.3. The molecule has 1 aliphatic rings. The molecule has 4 nitrogen and oxygen atoms in total. The van der Waals surface area contributed by atoms with E-state index in [2.05, 4.69) is 15.5 Å². The number of pyridine rings is 1. The molecular formula is C10H11ClN4. The zero-order valence-electron chi connectivity index (χ0n) is 8.15. The maximum absolute atomic E-state index is 5.94. The number of halogens is 1. The lowest BCUT2D eigenvalue weighted by Crippen LogP contribution is -2.43. The Labute approximate surface area is 92.3 Å². The van der Waals surface area contributed by atoms with Gasteiger partial charge in [-0.25, -0.2) is 0 Å². The van der Waals surface area contributed by atoms with Crippen molar-refractivity contribution in [3.05, 3.63) is 29.2 Å². The van der Waals surface area contributed by atoms with Gasteiger partial charge in [0.25, 0.3) is 0 Å². The van der Waals surface area contributed by atoms with E-state index in [9.17, 15) is 0 Å². The first-order valence-electron chi connectivity index (χ1n) is 5.03. The van der Waals surface area contributed by atoms with E-state index in [1.54, 1.807) is 0 Å². The second-order valence-corrected chi connectivity index (χ2v) is 4.36. The van der Waals surface area contributed by atoms with Gasteiger partial charge < -0.3 is 5.32 Å². The molecule has 3 rings (SSSR count). The lowest BCUT2D eigenvalue weighted by atomic mass is 9.99. The van der Waals surface area contributed by atoms with Gasteiger partial charge in [0.05, 0.1) is 5.02 Å². The molecular weight excluding hydrogens is 212 g/mol. The Bertz CT molecular complexity index is 489. The molecule has 0 atom stereocenters. The van der Waals surface area contributed by atoms with Crippen molar-refractivity contribution in [1.82, 2.24) is 19.9 Å². The highest BCUT2D eigenvalue weighted by atomic mass is 35.5. The quantitative estimate of drug-likeness (QED) is 0.829. The topological polar surface area (TPSA) is 42.2 Å². The predicted molar refractivity (Wildman–Crippen MR) is 58.1 cm³/mol. The zero-order valence-corrected chi connectivity index (χ0v) is 8.91. The van der Waals surface area contributed by atoms with Gasteiger partial charge in [0.15, 0.2) is 5.65 Å². The van der Waals surface area contributed by atoms with Crippen molar-refractivity contribution in [1.29, 1.82) is 0 Å². The summed E-state index contributed by atoms with van der Waals surface area (Å²) in [6, 6.07) is 3.72. The molecule has 0 aromatic carbocycles. The number of nitrogens with zero attached hydrogens (tertiary/aromatic N) is 3. The standard InChI is InChI=1S/C10H11ClN4/c11-8-1-2-9-13-14-10(15(9)6-8)3-7-4-12-5-7/h1-2,6-7,12H,3-5H2. The summed E-state index contributed by atoms with van der Waals surface area (Å²) >= 11 is 5.94. The minimum absolute atomic E-state index is 0.691. The van der Waals surface area contributed by atoms with Crippen molar-refractivity contribution in [2.75, 3.05) is 13.1 Å². The SMILES string of the molecule is Clc1ccc2nnc(CC3CNC3)n2c1. The summed E-state index contributed by atoms with van der Waals surface area (Å²) in [7, 11) is 0. The summed E-state index contributed by atoms with van der Waals surface area (Å²) in [6.45, 7) is 2.16. The fraction of sp³-hybridized carbons (Fsp3) is 0.400. The Hall–Kier alpha value is -1.13. The van der Waals surface area contributed by atoms with Crippen LogP contribution in [0.15, 0.2) is 18.3 Å². The molecule has 5 heteroatoms. The molecule has 0 radical (unpaired) electrons. The van der Waals surface area contributed by atoms with E-state index in [0.717, 1.165) is 36.0 Å². The summed E-state index contributed by atoms with van der Waals surface area (Å²) in [4.78, 5) is 0. The van der Waals surface area contributed by atoms with Crippen molar-refractivity contribution >= 4 is 17.2 Å². The normalized spacial score (nSPS) is 16.9. The third-order valence-corrected chi connectivity index (χ3v) is 3.00. The number of aromatic nitrogens is 3. The Morgan fingerprint density at radius 3 is 3.00 bits per heavy atom.